The fraction of sp³-hybridized carbons (Fsp3) is 0.600. The molecule has 8 nitrogen and oxygen atoms in total. The normalized spacial score (nSPS) is 27.4. The number of amides is 3. The quantitative estimate of drug-likeness (QED) is 0.641. The van der Waals surface area contributed by atoms with Crippen LogP contribution >= 0.6 is 0 Å². The maximum absolute atomic E-state index is 13.0. The van der Waals surface area contributed by atoms with Gasteiger partial charge >= 0.3 is 5.97 Å². The first-order chi connectivity index (χ1) is 15.9. The van der Waals surface area contributed by atoms with Gasteiger partial charge < -0.3 is 20.3 Å². The molecule has 0 bridgehead atoms. The molecule has 3 fully saturated rings. The van der Waals surface area contributed by atoms with E-state index < -0.39 is 6.04 Å². The minimum absolute atomic E-state index is 0.0378. The fourth-order valence-corrected chi connectivity index (χ4v) is 5.13. The van der Waals surface area contributed by atoms with Crippen LogP contribution in [0.15, 0.2) is 24.3 Å². The first-order valence-corrected chi connectivity index (χ1v) is 12.1. The number of hydrogen-bond donors (Lipinski definition) is 2. The Labute approximate surface area is 194 Å². The average molecular weight is 456 g/mol. The summed E-state index contributed by atoms with van der Waals surface area (Å²) in [5.41, 5.74) is 1.30. The SMILES string of the molecule is C[C@H]1CCCC[C@H]2CC[C@@H](C(=O)NCc3cccc(C(=O)NC[C@H]4CCC(=O)O4)c3)N2C1=O. The Balaban J connectivity index is 1.32. The molecule has 3 aliphatic heterocycles. The van der Waals surface area contributed by atoms with Crippen LogP contribution < -0.4 is 10.6 Å². The Morgan fingerprint density at radius 3 is 2.67 bits per heavy atom. The Bertz CT molecular complexity index is 917. The summed E-state index contributed by atoms with van der Waals surface area (Å²) in [6, 6.07) is 6.85. The highest BCUT2D eigenvalue weighted by atomic mass is 16.5. The number of carbonyl (C=O) groups excluding carboxylic acids is 4. The molecule has 0 aromatic heterocycles. The van der Waals surface area contributed by atoms with E-state index in [-0.39, 0.29) is 48.3 Å². The van der Waals surface area contributed by atoms with Crippen molar-refractivity contribution in [3.05, 3.63) is 35.4 Å². The molecule has 3 heterocycles. The van der Waals surface area contributed by atoms with E-state index in [1.165, 1.54) is 0 Å². The second kappa shape index (κ2) is 10.4. The standard InChI is InChI=1S/C25H33N3O5/c1-16-5-2-3-8-19-9-11-21(28(19)25(16)32)24(31)26-14-17-6-4-7-18(13-17)23(30)27-15-20-10-12-22(29)33-20/h4,6-7,13,16,19-21H,2-3,5,8-12,14-15H2,1H3,(H,26,31)(H,27,30)/t16-,19-,20+,21-/m0/s1. The van der Waals surface area contributed by atoms with Gasteiger partial charge in [-0.1, -0.05) is 31.9 Å². The van der Waals surface area contributed by atoms with Gasteiger partial charge in [-0.2, -0.15) is 0 Å². The third-order valence-corrected chi connectivity index (χ3v) is 7.02. The lowest BCUT2D eigenvalue weighted by Crippen LogP contribution is -2.50. The lowest BCUT2D eigenvalue weighted by atomic mass is 9.95. The molecular formula is C25H33N3O5. The minimum atomic E-state index is -0.413. The second-order valence-electron chi connectivity index (χ2n) is 9.46. The van der Waals surface area contributed by atoms with Gasteiger partial charge in [-0.3, -0.25) is 19.2 Å². The zero-order valence-electron chi connectivity index (χ0n) is 19.2. The highest BCUT2D eigenvalue weighted by molar-refractivity contribution is 5.94. The van der Waals surface area contributed by atoms with E-state index in [4.69, 9.17) is 4.74 Å². The van der Waals surface area contributed by atoms with Crippen LogP contribution in [0.25, 0.3) is 0 Å². The summed E-state index contributed by atoms with van der Waals surface area (Å²) in [5.74, 6) is -0.540. The van der Waals surface area contributed by atoms with Gasteiger partial charge in [-0.25, -0.2) is 0 Å². The van der Waals surface area contributed by atoms with Crippen molar-refractivity contribution in [1.29, 1.82) is 0 Å². The maximum atomic E-state index is 13.0. The Morgan fingerprint density at radius 2 is 1.88 bits per heavy atom. The summed E-state index contributed by atoms with van der Waals surface area (Å²) in [6.45, 7) is 2.54. The first kappa shape index (κ1) is 23.3. The van der Waals surface area contributed by atoms with Crippen molar-refractivity contribution < 1.29 is 23.9 Å². The van der Waals surface area contributed by atoms with Crippen LogP contribution in [-0.2, 0) is 25.7 Å². The van der Waals surface area contributed by atoms with Crippen molar-refractivity contribution >= 4 is 23.7 Å². The zero-order chi connectivity index (χ0) is 23.4. The fourth-order valence-electron chi connectivity index (χ4n) is 5.13. The minimum Gasteiger partial charge on any atom is -0.460 e. The lowest BCUT2D eigenvalue weighted by Gasteiger charge is -2.34. The number of fused-ring (bicyclic) bond motifs is 1. The molecule has 1 aromatic rings. The van der Waals surface area contributed by atoms with E-state index >= 15 is 0 Å². The van der Waals surface area contributed by atoms with Crippen LogP contribution in [0.2, 0.25) is 0 Å². The van der Waals surface area contributed by atoms with Crippen LogP contribution in [0.5, 0.6) is 0 Å². The molecule has 0 spiro atoms. The molecule has 0 aliphatic carbocycles. The Hall–Kier alpha value is -2.90. The summed E-state index contributed by atoms with van der Waals surface area (Å²) in [5, 5.41) is 5.77. The second-order valence-corrected chi connectivity index (χ2v) is 9.46. The van der Waals surface area contributed by atoms with Gasteiger partial charge in [-0.15, -0.1) is 0 Å². The van der Waals surface area contributed by atoms with Crippen molar-refractivity contribution in [3.63, 3.8) is 0 Å². The molecule has 33 heavy (non-hydrogen) atoms. The van der Waals surface area contributed by atoms with E-state index in [9.17, 15) is 19.2 Å². The third kappa shape index (κ3) is 5.54. The van der Waals surface area contributed by atoms with Gasteiger partial charge in [0.05, 0.1) is 6.54 Å². The topological polar surface area (TPSA) is 105 Å². The van der Waals surface area contributed by atoms with Crippen LogP contribution in [0, 0.1) is 5.92 Å². The first-order valence-electron chi connectivity index (χ1n) is 12.1. The van der Waals surface area contributed by atoms with Crippen LogP contribution in [-0.4, -0.2) is 53.3 Å². The summed E-state index contributed by atoms with van der Waals surface area (Å²) < 4.78 is 5.12. The van der Waals surface area contributed by atoms with E-state index in [0.29, 0.717) is 31.4 Å². The monoisotopic (exact) mass is 455 g/mol. The van der Waals surface area contributed by atoms with Crippen molar-refractivity contribution in [3.8, 4) is 0 Å². The highest BCUT2D eigenvalue weighted by Gasteiger charge is 2.42. The molecule has 4 rings (SSSR count). The van der Waals surface area contributed by atoms with E-state index in [1.807, 2.05) is 17.9 Å². The van der Waals surface area contributed by atoms with Crippen LogP contribution in [0.1, 0.15) is 74.2 Å². The van der Waals surface area contributed by atoms with E-state index in [2.05, 4.69) is 10.6 Å². The predicted octanol–water partition coefficient (Wildman–Crippen LogP) is 2.31. The summed E-state index contributed by atoms with van der Waals surface area (Å²) in [7, 11) is 0. The lowest BCUT2D eigenvalue weighted by molar-refractivity contribution is -0.144. The molecule has 2 N–H and O–H groups in total. The molecule has 0 radical (unpaired) electrons. The zero-order valence-corrected chi connectivity index (χ0v) is 19.2. The molecule has 3 saturated heterocycles. The average Bonchev–Trinajstić information content (AvgIpc) is 3.43. The number of esters is 1. The number of ether oxygens (including phenoxy) is 1. The molecule has 0 saturated carbocycles. The molecule has 3 aliphatic rings. The Kier molecular flexibility index (Phi) is 7.30. The van der Waals surface area contributed by atoms with Gasteiger partial charge in [0.25, 0.3) is 5.91 Å². The number of nitrogens with zero attached hydrogens (tertiary/aromatic N) is 1. The largest absolute Gasteiger partial charge is 0.460 e. The number of benzene rings is 1. The van der Waals surface area contributed by atoms with Crippen molar-refractivity contribution in [2.45, 2.75) is 83.0 Å². The summed E-state index contributed by atoms with van der Waals surface area (Å²) in [4.78, 5) is 51.4. The molecule has 178 valence electrons. The van der Waals surface area contributed by atoms with E-state index in [1.54, 1.807) is 18.2 Å². The number of cyclic esters (lactones) is 1. The van der Waals surface area contributed by atoms with Gasteiger partial charge in [0, 0.05) is 30.5 Å². The molecule has 1 aromatic carbocycles. The number of hydrogen-bond acceptors (Lipinski definition) is 5. The van der Waals surface area contributed by atoms with Crippen LogP contribution in [0.4, 0.5) is 0 Å². The smallest absolute Gasteiger partial charge is 0.306 e. The maximum Gasteiger partial charge on any atom is 0.306 e. The number of carbonyl (C=O) groups is 4. The summed E-state index contributed by atoms with van der Waals surface area (Å²) in [6.07, 6.45) is 6.34. The summed E-state index contributed by atoms with van der Waals surface area (Å²) >= 11 is 0. The highest BCUT2D eigenvalue weighted by Crippen LogP contribution is 2.32. The number of nitrogens with one attached hydrogen (secondary N) is 2. The van der Waals surface area contributed by atoms with Crippen molar-refractivity contribution in [1.82, 2.24) is 15.5 Å². The van der Waals surface area contributed by atoms with Gasteiger partial charge in [0.15, 0.2) is 0 Å². The molecule has 8 heteroatoms. The third-order valence-electron chi connectivity index (χ3n) is 7.02. The van der Waals surface area contributed by atoms with Gasteiger partial charge in [-0.05, 0) is 49.8 Å². The van der Waals surface area contributed by atoms with Crippen LogP contribution in [0.3, 0.4) is 0 Å². The van der Waals surface area contributed by atoms with Crippen molar-refractivity contribution in [2.24, 2.45) is 5.92 Å². The van der Waals surface area contributed by atoms with Gasteiger partial charge in [0.2, 0.25) is 11.8 Å². The molecule has 3 amide bonds. The van der Waals surface area contributed by atoms with E-state index in [0.717, 1.165) is 37.7 Å². The Morgan fingerprint density at radius 1 is 1.06 bits per heavy atom. The van der Waals surface area contributed by atoms with Crippen molar-refractivity contribution in [2.75, 3.05) is 6.54 Å². The molecule has 4 atom stereocenters. The molecular weight excluding hydrogens is 422 g/mol. The number of rotatable bonds is 6. The van der Waals surface area contributed by atoms with Gasteiger partial charge in [0.1, 0.15) is 12.1 Å². The molecule has 0 unspecified atom stereocenters. The predicted molar refractivity (Wildman–Crippen MR) is 121 cm³/mol.